The lowest BCUT2D eigenvalue weighted by Gasteiger charge is -2.28. The standard InChI is InChI=1S/C16H24N2O2/c1-3-20-15-8-14(10-18-11-15)16(19)7-12(2)13-5-4-6-17-9-13/h8,10-13,17H,3-7,9H2,1-2H3. The first-order chi connectivity index (χ1) is 9.70. The second-order valence-electron chi connectivity index (χ2n) is 5.55. The molecule has 0 radical (unpaired) electrons. The molecule has 20 heavy (non-hydrogen) atoms. The monoisotopic (exact) mass is 276 g/mol. The molecule has 1 aliphatic rings. The summed E-state index contributed by atoms with van der Waals surface area (Å²) in [6.07, 6.45) is 6.30. The van der Waals surface area contributed by atoms with E-state index >= 15 is 0 Å². The summed E-state index contributed by atoms with van der Waals surface area (Å²) < 4.78 is 5.39. The molecule has 0 amide bonds. The first-order valence-electron chi connectivity index (χ1n) is 7.52. The van der Waals surface area contributed by atoms with Gasteiger partial charge in [0.05, 0.1) is 12.8 Å². The molecule has 0 aromatic carbocycles. The molecule has 110 valence electrons. The molecule has 1 saturated heterocycles. The molecule has 1 aromatic heterocycles. The Morgan fingerprint density at radius 2 is 2.40 bits per heavy atom. The maximum Gasteiger partial charge on any atom is 0.164 e. The van der Waals surface area contributed by atoms with E-state index in [4.69, 9.17) is 4.74 Å². The summed E-state index contributed by atoms with van der Waals surface area (Å²) in [5.41, 5.74) is 0.659. The van der Waals surface area contributed by atoms with Crippen LogP contribution in [0.3, 0.4) is 0 Å². The van der Waals surface area contributed by atoms with E-state index in [1.165, 1.54) is 12.8 Å². The average Bonchev–Trinajstić information content (AvgIpc) is 2.48. The highest BCUT2D eigenvalue weighted by atomic mass is 16.5. The zero-order chi connectivity index (χ0) is 14.4. The quantitative estimate of drug-likeness (QED) is 0.812. The molecule has 0 saturated carbocycles. The molecule has 1 aliphatic heterocycles. The largest absolute Gasteiger partial charge is 0.492 e. The van der Waals surface area contributed by atoms with E-state index in [0.717, 1.165) is 13.1 Å². The molecule has 1 fully saturated rings. The van der Waals surface area contributed by atoms with Crippen LogP contribution in [0.15, 0.2) is 18.5 Å². The van der Waals surface area contributed by atoms with E-state index < -0.39 is 0 Å². The first kappa shape index (κ1) is 15.0. The van der Waals surface area contributed by atoms with Crippen molar-refractivity contribution in [1.29, 1.82) is 0 Å². The van der Waals surface area contributed by atoms with E-state index in [-0.39, 0.29) is 5.78 Å². The Balaban J connectivity index is 1.94. The summed E-state index contributed by atoms with van der Waals surface area (Å²) in [6.45, 7) is 6.83. The number of hydrogen-bond acceptors (Lipinski definition) is 4. The highest BCUT2D eigenvalue weighted by Gasteiger charge is 2.22. The number of carbonyl (C=O) groups is 1. The van der Waals surface area contributed by atoms with E-state index in [1.807, 2.05) is 6.92 Å². The molecule has 0 bridgehead atoms. The molecule has 1 aromatic rings. The van der Waals surface area contributed by atoms with Gasteiger partial charge in [-0.15, -0.1) is 0 Å². The van der Waals surface area contributed by atoms with Crippen molar-refractivity contribution in [3.05, 3.63) is 24.0 Å². The van der Waals surface area contributed by atoms with Crippen molar-refractivity contribution in [2.24, 2.45) is 11.8 Å². The van der Waals surface area contributed by atoms with Gasteiger partial charge < -0.3 is 10.1 Å². The second-order valence-corrected chi connectivity index (χ2v) is 5.55. The van der Waals surface area contributed by atoms with Crippen LogP contribution in [0.1, 0.15) is 43.5 Å². The van der Waals surface area contributed by atoms with Gasteiger partial charge in [0, 0.05) is 18.2 Å². The Kier molecular flexibility index (Phi) is 5.53. The van der Waals surface area contributed by atoms with Gasteiger partial charge in [-0.2, -0.15) is 0 Å². The Labute approximate surface area is 120 Å². The second kappa shape index (κ2) is 7.39. The molecule has 2 rings (SSSR count). The molecule has 1 N–H and O–H groups in total. The molecular formula is C16H24N2O2. The predicted molar refractivity (Wildman–Crippen MR) is 79.1 cm³/mol. The molecule has 4 heteroatoms. The van der Waals surface area contributed by atoms with Gasteiger partial charge in [0.2, 0.25) is 0 Å². The van der Waals surface area contributed by atoms with Crippen LogP contribution >= 0.6 is 0 Å². The first-order valence-corrected chi connectivity index (χ1v) is 7.52. The SMILES string of the molecule is CCOc1cncc(C(=O)CC(C)C2CCCNC2)c1. The van der Waals surface area contributed by atoms with Gasteiger partial charge >= 0.3 is 0 Å². The summed E-state index contributed by atoms with van der Waals surface area (Å²) in [5, 5.41) is 3.41. The van der Waals surface area contributed by atoms with Crippen LogP contribution in [0, 0.1) is 11.8 Å². The lowest BCUT2D eigenvalue weighted by molar-refractivity contribution is 0.0942. The fraction of sp³-hybridized carbons (Fsp3) is 0.625. The number of nitrogens with zero attached hydrogens (tertiary/aromatic N) is 1. The smallest absolute Gasteiger partial charge is 0.164 e. The molecule has 2 heterocycles. The van der Waals surface area contributed by atoms with Crippen molar-refractivity contribution in [3.8, 4) is 5.75 Å². The van der Waals surface area contributed by atoms with Crippen LogP contribution in [-0.4, -0.2) is 30.5 Å². The minimum absolute atomic E-state index is 0.164. The molecule has 0 aliphatic carbocycles. The van der Waals surface area contributed by atoms with Gasteiger partial charge in [0.15, 0.2) is 5.78 Å². The van der Waals surface area contributed by atoms with Crippen LogP contribution in [-0.2, 0) is 0 Å². The van der Waals surface area contributed by atoms with Crippen molar-refractivity contribution >= 4 is 5.78 Å². The number of Topliss-reactive ketones (excluding diaryl/α,β-unsaturated/α-hetero) is 1. The Morgan fingerprint density at radius 3 is 3.10 bits per heavy atom. The Bertz CT molecular complexity index is 442. The molecule has 0 spiro atoms. The number of ether oxygens (including phenoxy) is 1. The third-order valence-electron chi connectivity index (χ3n) is 3.99. The number of pyridine rings is 1. The third kappa shape index (κ3) is 4.04. The Morgan fingerprint density at radius 1 is 1.55 bits per heavy atom. The topological polar surface area (TPSA) is 51.2 Å². The van der Waals surface area contributed by atoms with E-state index in [1.54, 1.807) is 18.5 Å². The predicted octanol–water partition coefficient (Wildman–Crippen LogP) is 2.69. The summed E-state index contributed by atoms with van der Waals surface area (Å²) >= 11 is 0. The fourth-order valence-corrected chi connectivity index (χ4v) is 2.76. The molecular weight excluding hydrogens is 252 g/mol. The van der Waals surface area contributed by atoms with Crippen molar-refractivity contribution < 1.29 is 9.53 Å². The van der Waals surface area contributed by atoms with Crippen molar-refractivity contribution in [2.45, 2.75) is 33.1 Å². The summed E-state index contributed by atoms with van der Waals surface area (Å²) in [5.74, 6) is 1.85. The summed E-state index contributed by atoms with van der Waals surface area (Å²) in [6, 6.07) is 1.80. The maximum atomic E-state index is 12.3. The summed E-state index contributed by atoms with van der Waals surface area (Å²) in [4.78, 5) is 16.4. The number of piperidine rings is 1. The number of ketones is 1. The zero-order valence-electron chi connectivity index (χ0n) is 12.4. The highest BCUT2D eigenvalue weighted by Crippen LogP contribution is 2.24. The number of rotatable bonds is 6. The van der Waals surface area contributed by atoms with Gasteiger partial charge in [-0.05, 0) is 50.8 Å². The number of hydrogen-bond donors (Lipinski definition) is 1. The number of nitrogens with one attached hydrogen (secondary N) is 1. The molecule has 4 nitrogen and oxygen atoms in total. The van der Waals surface area contributed by atoms with Gasteiger partial charge in [-0.3, -0.25) is 9.78 Å². The Hall–Kier alpha value is -1.42. The minimum atomic E-state index is 0.164. The van der Waals surface area contributed by atoms with Crippen LogP contribution in [0.25, 0.3) is 0 Å². The maximum absolute atomic E-state index is 12.3. The van der Waals surface area contributed by atoms with Crippen LogP contribution in [0.5, 0.6) is 5.75 Å². The van der Waals surface area contributed by atoms with Gasteiger partial charge in [0.25, 0.3) is 0 Å². The van der Waals surface area contributed by atoms with E-state index in [9.17, 15) is 4.79 Å². The van der Waals surface area contributed by atoms with Crippen molar-refractivity contribution in [3.63, 3.8) is 0 Å². The highest BCUT2D eigenvalue weighted by molar-refractivity contribution is 5.96. The number of aromatic nitrogens is 1. The zero-order valence-corrected chi connectivity index (χ0v) is 12.4. The lowest BCUT2D eigenvalue weighted by atomic mass is 9.83. The van der Waals surface area contributed by atoms with E-state index in [0.29, 0.717) is 36.2 Å². The summed E-state index contributed by atoms with van der Waals surface area (Å²) in [7, 11) is 0. The molecule has 2 unspecified atom stereocenters. The lowest BCUT2D eigenvalue weighted by Crippen LogP contribution is -2.34. The molecule has 2 atom stereocenters. The van der Waals surface area contributed by atoms with Crippen molar-refractivity contribution in [1.82, 2.24) is 10.3 Å². The van der Waals surface area contributed by atoms with Gasteiger partial charge in [-0.25, -0.2) is 0 Å². The van der Waals surface area contributed by atoms with Crippen LogP contribution in [0.2, 0.25) is 0 Å². The number of carbonyl (C=O) groups excluding carboxylic acids is 1. The third-order valence-corrected chi connectivity index (χ3v) is 3.99. The minimum Gasteiger partial charge on any atom is -0.492 e. The van der Waals surface area contributed by atoms with E-state index in [2.05, 4.69) is 17.2 Å². The fourth-order valence-electron chi connectivity index (χ4n) is 2.76. The average molecular weight is 276 g/mol. The van der Waals surface area contributed by atoms with Crippen LogP contribution < -0.4 is 10.1 Å². The van der Waals surface area contributed by atoms with Crippen molar-refractivity contribution in [2.75, 3.05) is 19.7 Å². The van der Waals surface area contributed by atoms with Gasteiger partial charge in [0.1, 0.15) is 5.75 Å². The van der Waals surface area contributed by atoms with Gasteiger partial charge in [-0.1, -0.05) is 6.92 Å². The normalized spacial score (nSPS) is 20.4. The van der Waals surface area contributed by atoms with Crippen LogP contribution in [0.4, 0.5) is 0 Å².